The molecule has 2 unspecified atom stereocenters. The van der Waals surface area contributed by atoms with E-state index < -0.39 is 0 Å². The van der Waals surface area contributed by atoms with Crippen molar-refractivity contribution in [2.45, 2.75) is 45.1 Å². The summed E-state index contributed by atoms with van der Waals surface area (Å²) < 4.78 is 11.3. The normalized spacial score (nSPS) is 19.1. The number of Topliss-reactive ketones (excluding diaryl/α,β-unsaturated/α-hetero) is 1. The first-order chi connectivity index (χ1) is 17.1. The van der Waals surface area contributed by atoms with E-state index in [4.69, 9.17) is 9.47 Å². The number of hydrogen-bond donors (Lipinski definition) is 2. The Morgan fingerprint density at radius 1 is 0.886 bits per heavy atom. The van der Waals surface area contributed by atoms with Crippen LogP contribution in [0.4, 0.5) is 11.4 Å². The summed E-state index contributed by atoms with van der Waals surface area (Å²) in [4.78, 5) is 13.8. The van der Waals surface area contributed by atoms with Crippen molar-refractivity contribution in [1.82, 2.24) is 0 Å². The van der Waals surface area contributed by atoms with Gasteiger partial charge in [-0.15, -0.1) is 0 Å². The summed E-state index contributed by atoms with van der Waals surface area (Å²) in [6.07, 6.45) is 2.19. The number of fused-ring (bicyclic) bond motifs is 1. The summed E-state index contributed by atoms with van der Waals surface area (Å²) in [5, 5.41) is 7.27. The zero-order chi connectivity index (χ0) is 24.4. The largest absolute Gasteiger partial charge is 0.493 e. The van der Waals surface area contributed by atoms with Crippen LogP contribution in [0.3, 0.4) is 0 Å². The molecule has 0 amide bonds. The quantitative estimate of drug-likeness (QED) is 0.425. The molecule has 0 aromatic heterocycles. The fourth-order valence-electron chi connectivity index (χ4n) is 5.14. The number of aryl methyl sites for hydroxylation is 1. The van der Waals surface area contributed by atoms with Crippen molar-refractivity contribution in [3.63, 3.8) is 0 Å². The van der Waals surface area contributed by atoms with Gasteiger partial charge in [-0.1, -0.05) is 49.4 Å². The van der Waals surface area contributed by atoms with Crippen LogP contribution in [0.5, 0.6) is 11.5 Å². The maximum absolute atomic E-state index is 13.8. The molecule has 35 heavy (non-hydrogen) atoms. The van der Waals surface area contributed by atoms with E-state index in [2.05, 4.69) is 60.0 Å². The molecule has 0 saturated carbocycles. The summed E-state index contributed by atoms with van der Waals surface area (Å²) in [6.45, 7) is 4.68. The number of carbonyl (C=O) groups excluding carboxylic acids is 1. The van der Waals surface area contributed by atoms with Crippen molar-refractivity contribution < 1.29 is 14.3 Å². The predicted molar refractivity (Wildman–Crippen MR) is 140 cm³/mol. The number of benzene rings is 3. The molecule has 0 bridgehead atoms. The van der Waals surface area contributed by atoms with Crippen molar-refractivity contribution in [3.05, 3.63) is 94.7 Å². The summed E-state index contributed by atoms with van der Waals surface area (Å²) in [7, 11) is 1.65. The van der Waals surface area contributed by atoms with E-state index in [-0.39, 0.29) is 17.7 Å². The first kappa shape index (κ1) is 23.0. The summed E-state index contributed by atoms with van der Waals surface area (Å²) in [5.41, 5.74) is 7.28. The summed E-state index contributed by atoms with van der Waals surface area (Å²) in [6, 6.07) is 22.6. The highest BCUT2D eigenvalue weighted by atomic mass is 16.5. The second-order valence-corrected chi connectivity index (χ2v) is 9.11. The van der Waals surface area contributed by atoms with Crippen LogP contribution in [0, 0.1) is 0 Å². The van der Waals surface area contributed by atoms with Gasteiger partial charge in [-0.3, -0.25) is 4.79 Å². The van der Waals surface area contributed by atoms with Crippen molar-refractivity contribution in [3.8, 4) is 11.5 Å². The number of ether oxygens (including phenoxy) is 2. The van der Waals surface area contributed by atoms with E-state index in [9.17, 15) is 4.79 Å². The first-order valence-corrected chi connectivity index (χ1v) is 12.4. The summed E-state index contributed by atoms with van der Waals surface area (Å²) in [5.74, 6) is 1.65. The lowest BCUT2D eigenvalue weighted by Gasteiger charge is -2.30. The number of methoxy groups -OCH3 is 1. The highest BCUT2D eigenvalue weighted by molar-refractivity contribution is 6.01. The number of hydrogen-bond acceptors (Lipinski definition) is 5. The van der Waals surface area contributed by atoms with Crippen LogP contribution in [0.25, 0.3) is 0 Å². The highest BCUT2D eigenvalue weighted by Crippen LogP contribution is 2.45. The van der Waals surface area contributed by atoms with Gasteiger partial charge in [-0.2, -0.15) is 0 Å². The third-order valence-electron chi connectivity index (χ3n) is 6.99. The molecule has 180 valence electrons. The molecule has 0 saturated heterocycles. The molecule has 5 nitrogen and oxygen atoms in total. The Hall–Kier alpha value is -3.73. The average molecular weight is 469 g/mol. The van der Waals surface area contributed by atoms with Crippen molar-refractivity contribution in [2.75, 3.05) is 24.4 Å². The van der Waals surface area contributed by atoms with Gasteiger partial charge in [-0.05, 0) is 66.6 Å². The van der Waals surface area contributed by atoms with Gasteiger partial charge in [0.15, 0.2) is 17.3 Å². The standard InChI is InChI=1S/C30H32N2O3/c1-4-19-10-12-20(13-11-19)30-29-25(31-23-8-6-7-9-24(23)32-30)16-22(17-26(29)33)21-14-15-27(35-5-2)28(18-21)34-3/h6-15,18,22,30-32H,4-5,16-17H2,1-3H3. The van der Waals surface area contributed by atoms with E-state index in [1.54, 1.807) is 7.11 Å². The zero-order valence-electron chi connectivity index (χ0n) is 20.6. The molecule has 5 rings (SSSR count). The highest BCUT2D eigenvalue weighted by Gasteiger charge is 2.36. The fourth-order valence-corrected chi connectivity index (χ4v) is 5.14. The second-order valence-electron chi connectivity index (χ2n) is 9.11. The lowest BCUT2D eigenvalue weighted by molar-refractivity contribution is -0.116. The van der Waals surface area contributed by atoms with Gasteiger partial charge in [-0.25, -0.2) is 0 Å². The lowest BCUT2D eigenvalue weighted by Crippen LogP contribution is -2.26. The second kappa shape index (κ2) is 9.87. The first-order valence-electron chi connectivity index (χ1n) is 12.4. The predicted octanol–water partition coefficient (Wildman–Crippen LogP) is 6.64. The van der Waals surface area contributed by atoms with Crippen LogP contribution < -0.4 is 20.1 Å². The van der Waals surface area contributed by atoms with E-state index in [1.807, 2.05) is 31.2 Å². The number of allylic oxidation sites excluding steroid dienone is 1. The number of nitrogens with one attached hydrogen (secondary N) is 2. The molecule has 1 aliphatic carbocycles. The molecule has 5 heteroatoms. The minimum Gasteiger partial charge on any atom is -0.493 e. The molecule has 2 atom stereocenters. The topological polar surface area (TPSA) is 59.6 Å². The molecular weight excluding hydrogens is 436 g/mol. The van der Waals surface area contributed by atoms with Crippen LogP contribution in [0.2, 0.25) is 0 Å². The SMILES string of the molecule is CCOc1ccc(C2CC(=O)C3=C(C2)Nc2ccccc2NC3c2ccc(CC)cc2)cc1OC. The van der Waals surface area contributed by atoms with Crippen LogP contribution in [-0.4, -0.2) is 19.5 Å². The molecule has 3 aromatic carbocycles. The molecular formula is C30H32N2O3. The number of anilines is 2. The monoisotopic (exact) mass is 468 g/mol. The van der Waals surface area contributed by atoms with Gasteiger partial charge in [0.25, 0.3) is 0 Å². The summed E-state index contributed by atoms with van der Waals surface area (Å²) >= 11 is 0. The fraction of sp³-hybridized carbons (Fsp3) is 0.300. The molecule has 1 aliphatic heterocycles. The van der Waals surface area contributed by atoms with Crippen LogP contribution in [0.15, 0.2) is 78.0 Å². The number of para-hydroxylation sites is 2. The Morgan fingerprint density at radius 2 is 1.63 bits per heavy atom. The van der Waals surface area contributed by atoms with Gasteiger partial charge in [0, 0.05) is 17.7 Å². The van der Waals surface area contributed by atoms with Crippen molar-refractivity contribution in [1.29, 1.82) is 0 Å². The third kappa shape index (κ3) is 4.51. The van der Waals surface area contributed by atoms with Gasteiger partial charge in [0.1, 0.15) is 0 Å². The van der Waals surface area contributed by atoms with E-state index in [0.29, 0.717) is 18.8 Å². The van der Waals surface area contributed by atoms with Gasteiger partial charge in [0.05, 0.1) is 31.1 Å². The van der Waals surface area contributed by atoms with E-state index in [0.717, 1.165) is 52.4 Å². The van der Waals surface area contributed by atoms with Crippen LogP contribution in [0.1, 0.15) is 55.3 Å². The van der Waals surface area contributed by atoms with E-state index >= 15 is 0 Å². The number of ketones is 1. The van der Waals surface area contributed by atoms with E-state index in [1.165, 1.54) is 5.56 Å². The molecule has 0 radical (unpaired) electrons. The van der Waals surface area contributed by atoms with Crippen molar-refractivity contribution >= 4 is 17.2 Å². The Balaban J connectivity index is 1.55. The van der Waals surface area contributed by atoms with Gasteiger partial charge >= 0.3 is 0 Å². The third-order valence-corrected chi connectivity index (χ3v) is 6.99. The molecule has 1 heterocycles. The minimum absolute atomic E-state index is 0.0618. The maximum atomic E-state index is 13.8. The molecule has 2 N–H and O–H groups in total. The smallest absolute Gasteiger partial charge is 0.163 e. The Morgan fingerprint density at radius 3 is 2.34 bits per heavy atom. The number of carbonyl (C=O) groups is 1. The Kier molecular flexibility index (Phi) is 6.49. The Bertz CT molecular complexity index is 1260. The molecule has 2 aliphatic rings. The minimum atomic E-state index is -0.199. The Labute approximate surface area is 207 Å². The van der Waals surface area contributed by atoms with Crippen LogP contribution in [-0.2, 0) is 11.2 Å². The molecule has 0 spiro atoms. The molecule has 3 aromatic rings. The molecule has 0 fully saturated rings. The maximum Gasteiger partial charge on any atom is 0.163 e. The van der Waals surface area contributed by atoms with Gasteiger partial charge in [0.2, 0.25) is 0 Å². The number of rotatable bonds is 6. The average Bonchev–Trinajstić information content (AvgIpc) is 3.06. The van der Waals surface area contributed by atoms with Gasteiger partial charge < -0.3 is 20.1 Å². The van der Waals surface area contributed by atoms with Crippen LogP contribution >= 0.6 is 0 Å². The van der Waals surface area contributed by atoms with Crippen molar-refractivity contribution in [2.24, 2.45) is 0 Å². The lowest BCUT2D eigenvalue weighted by atomic mass is 9.78. The zero-order valence-corrected chi connectivity index (χ0v) is 20.6.